The van der Waals surface area contributed by atoms with Crippen molar-refractivity contribution in [1.82, 2.24) is 0 Å². The van der Waals surface area contributed by atoms with E-state index in [1.807, 2.05) is 31.2 Å². The van der Waals surface area contributed by atoms with Crippen molar-refractivity contribution in [3.8, 4) is 5.75 Å². The highest BCUT2D eigenvalue weighted by molar-refractivity contribution is 7.99. The first-order valence-electron chi connectivity index (χ1n) is 9.59. The molecule has 4 rings (SSSR count). The predicted molar refractivity (Wildman–Crippen MR) is 109 cm³/mol. The molecule has 2 aliphatic heterocycles. The van der Waals surface area contributed by atoms with Crippen LogP contribution in [-0.4, -0.2) is 39.4 Å². The van der Waals surface area contributed by atoms with Crippen LogP contribution in [-0.2, 0) is 19.9 Å². The molecule has 0 bridgehead atoms. The van der Waals surface area contributed by atoms with Gasteiger partial charge in [-0.25, -0.2) is 4.39 Å². The maximum absolute atomic E-state index is 14.5. The van der Waals surface area contributed by atoms with Crippen molar-refractivity contribution in [2.45, 2.75) is 41.3 Å². The van der Waals surface area contributed by atoms with Gasteiger partial charge in [0.1, 0.15) is 11.6 Å². The number of ether oxygens (including phenoxy) is 3. The summed E-state index contributed by atoms with van der Waals surface area (Å²) in [7, 11) is 3.41. The van der Waals surface area contributed by atoms with Gasteiger partial charge in [0.25, 0.3) is 5.91 Å². The Bertz CT molecular complexity index is 937. The first kappa shape index (κ1) is 20.2. The average molecular weight is 418 g/mol. The van der Waals surface area contributed by atoms with Crippen LogP contribution in [0.15, 0.2) is 46.2 Å². The molecule has 2 aliphatic rings. The molecule has 1 saturated heterocycles. The number of anilines is 1. The summed E-state index contributed by atoms with van der Waals surface area (Å²) in [5, 5.41) is 0. The van der Waals surface area contributed by atoms with E-state index in [4.69, 9.17) is 14.2 Å². The normalized spacial score (nSPS) is 24.2. The Hall–Kier alpha value is -2.09. The van der Waals surface area contributed by atoms with Gasteiger partial charge in [-0.3, -0.25) is 4.79 Å². The van der Waals surface area contributed by atoms with Crippen molar-refractivity contribution in [2.75, 3.05) is 32.3 Å². The molecule has 0 aromatic heterocycles. The van der Waals surface area contributed by atoms with Crippen LogP contribution in [0.5, 0.6) is 5.75 Å². The zero-order valence-corrected chi connectivity index (χ0v) is 17.6. The van der Waals surface area contributed by atoms with Crippen molar-refractivity contribution < 1.29 is 23.4 Å². The third-order valence-corrected chi connectivity index (χ3v) is 6.53. The van der Waals surface area contributed by atoms with Gasteiger partial charge in [-0.1, -0.05) is 11.8 Å². The van der Waals surface area contributed by atoms with Crippen molar-refractivity contribution in [3.63, 3.8) is 0 Å². The number of likely N-dealkylation sites (N-methyl/N-ethyl adjacent to an activating group) is 1. The summed E-state index contributed by atoms with van der Waals surface area (Å²) in [6.45, 7) is 2.62. The fraction of sp³-hybridized carbons (Fsp3) is 0.409. The number of hydrogen-bond donors (Lipinski definition) is 0. The average Bonchev–Trinajstić information content (AvgIpc) is 2.70. The van der Waals surface area contributed by atoms with E-state index in [1.54, 1.807) is 25.1 Å². The number of fused-ring (bicyclic) bond motifs is 1. The van der Waals surface area contributed by atoms with Gasteiger partial charge in [0, 0.05) is 36.8 Å². The minimum absolute atomic E-state index is 0.0261. The van der Waals surface area contributed by atoms with Gasteiger partial charge in [-0.2, -0.15) is 0 Å². The van der Waals surface area contributed by atoms with Gasteiger partial charge < -0.3 is 19.1 Å². The summed E-state index contributed by atoms with van der Waals surface area (Å²) in [4.78, 5) is 15.1. The van der Waals surface area contributed by atoms with E-state index >= 15 is 0 Å². The lowest BCUT2D eigenvalue weighted by Crippen LogP contribution is -2.39. The minimum atomic E-state index is -0.545. The van der Waals surface area contributed by atoms with Crippen LogP contribution < -0.4 is 9.64 Å². The van der Waals surface area contributed by atoms with Gasteiger partial charge in [-0.15, -0.1) is 0 Å². The van der Waals surface area contributed by atoms with Gasteiger partial charge >= 0.3 is 0 Å². The van der Waals surface area contributed by atoms with Crippen LogP contribution in [0.1, 0.15) is 25.3 Å². The lowest BCUT2D eigenvalue weighted by molar-refractivity contribution is -0.122. The number of methoxy groups -OCH3 is 1. The zero-order chi connectivity index (χ0) is 20.6. The van der Waals surface area contributed by atoms with Gasteiger partial charge in [-0.05, 0) is 48.9 Å². The Labute approximate surface area is 174 Å². The van der Waals surface area contributed by atoms with Crippen LogP contribution in [0.3, 0.4) is 0 Å². The number of rotatable bonds is 4. The van der Waals surface area contributed by atoms with E-state index < -0.39 is 5.60 Å². The molecule has 2 aromatic carbocycles. The van der Waals surface area contributed by atoms with Crippen LogP contribution in [0.4, 0.5) is 10.1 Å². The highest BCUT2D eigenvalue weighted by atomic mass is 32.2. The van der Waals surface area contributed by atoms with E-state index in [-0.39, 0.29) is 24.4 Å². The molecule has 0 spiro atoms. The topological polar surface area (TPSA) is 48.0 Å². The van der Waals surface area contributed by atoms with E-state index in [1.165, 1.54) is 17.8 Å². The summed E-state index contributed by atoms with van der Waals surface area (Å²) in [5.41, 5.74) is 1.02. The molecular formula is C22H24FNO4S. The van der Waals surface area contributed by atoms with Crippen molar-refractivity contribution in [3.05, 3.63) is 47.8 Å². The second-order valence-corrected chi connectivity index (χ2v) is 8.63. The van der Waals surface area contributed by atoms with Crippen LogP contribution in [0, 0.1) is 5.82 Å². The van der Waals surface area contributed by atoms with Crippen molar-refractivity contribution >= 4 is 23.4 Å². The lowest BCUT2D eigenvalue weighted by Gasteiger charge is -2.39. The monoisotopic (exact) mass is 417 g/mol. The quantitative estimate of drug-likeness (QED) is 0.739. The third-order valence-electron chi connectivity index (χ3n) is 5.57. The van der Waals surface area contributed by atoms with Gasteiger partial charge in [0.2, 0.25) is 0 Å². The molecule has 1 fully saturated rings. The van der Waals surface area contributed by atoms with Gasteiger partial charge in [0.05, 0.1) is 24.0 Å². The molecule has 5 nitrogen and oxygen atoms in total. The van der Waals surface area contributed by atoms with Crippen molar-refractivity contribution in [2.24, 2.45) is 0 Å². The Balaban J connectivity index is 1.63. The molecule has 2 heterocycles. The molecule has 0 aliphatic carbocycles. The SMILES string of the molecule is CO[C@]1(c2cc(F)cc(Sc3ccc4c(c3)OCC(=O)N4C)c2)CCO[C@@H](C)C1. The number of amides is 1. The van der Waals surface area contributed by atoms with E-state index in [2.05, 4.69) is 0 Å². The van der Waals surface area contributed by atoms with Crippen LogP contribution in [0.2, 0.25) is 0 Å². The summed E-state index contributed by atoms with van der Waals surface area (Å²) < 4.78 is 31.6. The Morgan fingerprint density at radius 2 is 2.07 bits per heavy atom. The summed E-state index contributed by atoms with van der Waals surface area (Å²) in [5.74, 6) is 0.281. The van der Waals surface area contributed by atoms with E-state index in [9.17, 15) is 9.18 Å². The molecule has 1 amide bonds. The maximum atomic E-state index is 14.5. The third kappa shape index (κ3) is 3.99. The number of carbonyl (C=O) groups is 1. The van der Waals surface area contributed by atoms with Crippen LogP contribution in [0.25, 0.3) is 0 Å². The van der Waals surface area contributed by atoms with E-state index in [0.29, 0.717) is 25.2 Å². The standard InChI is InChI=1S/C22H24FNO4S/c1-14-12-22(26-3,6-7-27-14)15-8-16(23)10-18(9-15)29-17-4-5-19-20(11-17)28-13-21(25)24(19)2/h4-5,8-11,14H,6-7,12-13H2,1-3H3/t14-,22+/m0/s1. The Morgan fingerprint density at radius 1 is 1.24 bits per heavy atom. The molecule has 0 saturated carbocycles. The largest absolute Gasteiger partial charge is 0.482 e. The van der Waals surface area contributed by atoms with Crippen molar-refractivity contribution in [1.29, 1.82) is 0 Å². The van der Waals surface area contributed by atoms with E-state index in [0.717, 1.165) is 21.0 Å². The molecule has 0 unspecified atom stereocenters. The number of nitrogens with zero attached hydrogens (tertiary/aromatic N) is 1. The second-order valence-electron chi connectivity index (χ2n) is 7.48. The number of benzene rings is 2. The fourth-order valence-corrected chi connectivity index (χ4v) is 4.89. The molecular weight excluding hydrogens is 393 g/mol. The first-order valence-corrected chi connectivity index (χ1v) is 10.4. The molecule has 154 valence electrons. The highest BCUT2D eigenvalue weighted by Gasteiger charge is 2.38. The predicted octanol–water partition coefficient (Wildman–Crippen LogP) is 4.37. The highest BCUT2D eigenvalue weighted by Crippen LogP contribution is 2.42. The Kier molecular flexibility index (Phi) is 5.55. The maximum Gasteiger partial charge on any atom is 0.264 e. The zero-order valence-electron chi connectivity index (χ0n) is 16.7. The fourth-order valence-electron chi connectivity index (χ4n) is 3.96. The smallest absolute Gasteiger partial charge is 0.264 e. The summed E-state index contributed by atoms with van der Waals surface area (Å²) >= 11 is 1.45. The Morgan fingerprint density at radius 3 is 2.83 bits per heavy atom. The molecule has 2 aromatic rings. The molecule has 0 radical (unpaired) electrons. The summed E-state index contributed by atoms with van der Waals surface area (Å²) in [6.07, 6.45) is 1.43. The second kappa shape index (κ2) is 7.97. The minimum Gasteiger partial charge on any atom is -0.482 e. The van der Waals surface area contributed by atoms with Gasteiger partial charge in [0.15, 0.2) is 6.61 Å². The molecule has 2 atom stereocenters. The lowest BCUT2D eigenvalue weighted by atomic mass is 9.83. The first-order chi connectivity index (χ1) is 13.9. The molecule has 0 N–H and O–H groups in total. The molecule has 29 heavy (non-hydrogen) atoms. The molecule has 7 heteroatoms. The number of hydrogen-bond acceptors (Lipinski definition) is 5. The summed E-state index contributed by atoms with van der Waals surface area (Å²) in [6, 6.07) is 10.7. The van der Waals surface area contributed by atoms with Crippen LogP contribution >= 0.6 is 11.8 Å². The number of carbonyl (C=O) groups excluding carboxylic acids is 1. The number of halogens is 1.